The molecule has 0 spiro atoms. The zero-order valence-corrected chi connectivity index (χ0v) is 14.6. The first kappa shape index (κ1) is 16.2. The van der Waals surface area contributed by atoms with Crippen LogP contribution in [0, 0.1) is 0 Å². The van der Waals surface area contributed by atoms with Gasteiger partial charge in [0, 0.05) is 42.5 Å². The first-order valence-electron chi connectivity index (χ1n) is 7.94. The van der Waals surface area contributed by atoms with Gasteiger partial charge in [0.25, 0.3) is 0 Å². The van der Waals surface area contributed by atoms with Crippen molar-refractivity contribution in [2.45, 2.75) is 65.1 Å². The number of methoxy groups -OCH3 is 1. The molecular formula is C18H30N2O. The van der Waals surface area contributed by atoms with Gasteiger partial charge in [-0.25, -0.2) is 0 Å². The van der Waals surface area contributed by atoms with Gasteiger partial charge >= 0.3 is 0 Å². The Morgan fingerprint density at radius 1 is 1.38 bits per heavy atom. The third-order valence-corrected chi connectivity index (χ3v) is 4.74. The van der Waals surface area contributed by atoms with E-state index in [1.165, 1.54) is 23.2 Å². The van der Waals surface area contributed by atoms with Gasteiger partial charge in [-0.1, -0.05) is 20.8 Å². The Labute approximate surface area is 129 Å². The van der Waals surface area contributed by atoms with E-state index in [4.69, 9.17) is 4.74 Å². The summed E-state index contributed by atoms with van der Waals surface area (Å²) in [7, 11) is 3.95. The maximum atomic E-state index is 5.63. The number of fused-ring (bicyclic) bond motifs is 1. The number of anilines is 1. The lowest BCUT2D eigenvalue weighted by atomic mass is 9.80. The monoisotopic (exact) mass is 290 g/mol. The van der Waals surface area contributed by atoms with Crippen molar-refractivity contribution >= 4 is 5.69 Å². The zero-order chi connectivity index (χ0) is 15.8. The molecule has 0 saturated heterocycles. The van der Waals surface area contributed by atoms with Gasteiger partial charge in [0.2, 0.25) is 0 Å². The van der Waals surface area contributed by atoms with Crippen LogP contribution in [-0.4, -0.2) is 25.7 Å². The van der Waals surface area contributed by atoms with Crippen LogP contribution in [0.15, 0.2) is 12.1 Å². The largest absolute Gasteiger partial charge is 0.496 e. The maximum Gasteiger partial charge on any atom is 0.125 e. The van der Waals surface area contributed by atoms with Gasteiger partial charge in [-0.2, -0.15) is 0 Å². The predicted molar refractivity (Wildman–Crippen MR) is 90.5 cm³/mol. The van der Waals surface area contributed by atoms with E-state index in [0.717, 1.165) is 12.3 Å². The lowest BCUT2D eigenvalue weighted by molar-refractivity contribution is 0.386. The molecule has 1 aromatic carbocycles. The van der Waals surface area contributed by atoms with Gasteiger partial charge in [-0.05, 0) is 37.8 Å². The second-order valence-corrected chi connectivity index (χ2v) is 7.24. The van der Waals surface area contributed by atoms with Gasteiger partial charge < -0.3 is 15.0 Å². The van der Waals surface area contributed by atoms with Gasteiger partial charge in [0.15, 0.2) is 0 Å². The molecule has 1 aromatic rings. The molecule has 1 heterocycles. The third-order valence-electron chi connectivity index (χ3n) is 4.74. The molecule has 0 aromatic heterocycles. The Kier molecular flexibility index (Phi) is 4.52. The second kappa shape index (κ2) is 5.88. The van der Waals surface area contributed by atoms with Crippen molar-refractivity contribution in [2.24, 2.45) is 0 Å². The fourth-order valence-corrected chi connectivity index (χ4v) is 3.28. The molecule has 0 saturated carbocycles. The highest BCUT2D eigenvalue weighted by molar-refractivity contribution is 5.64. The SMILES string of the molecule is COc1cc2c(cc1CNC(C)C)[C@@H](C)CC(C)(C)N2C. The Morgan fingerprint density at radius 2 is 2.05 bits per heavy atom. The zero-order valence-electron chi connectivity index (χ0n) is 14.6. The average molecular weight is 290 g/mol. The lowest BCUT2D eigenvalue weighted by Crippen LogP contribution is -2.45. The van der Waals surface area contributed by atoms with E-state index in [9.17, 15) is 0 Å². The fraction of sp³-hybridized carbons (Fsp3) is 0.667. The lowest BCUT2D eigenvalue weighted by Gasteiger charge is -2.45. The minimum absolute atomic E-state index is 0.190. The summed E-state index contributed by atoms with van der Waals surface area (Å²) in [5.41, 5.74) is 4.20. The second-order valence-electron chi connectivity index (χ2n) is 7.24. The first-order valence-corrected chi connectivity index (χ1v) is 7.94. The van der Waals surface area contributed by atoms with E-state index in [1.54, 1.807) is 7.11 Å². The molecule has 0 fully saturated rings. The standard InChI is InChI=1S/C18H30N2O/c1-12(2)19-11-14-8-15-13(3)10-18(4,5)20(6)16(15)9-17(14)21-7/h8-9,12-13,19H,10-11H2,1-7H3/t13-/m0/s1. The Balaban J connectivity index is 2.43. The molecule has 1 aliphatic heterocycles. The minimum Gasteiger partial charge on any atom is -0.496 e. The van der Waals surface area contributed by atoms with Crippen LogP contribution in [0.5, 0.6) is 5.75 Å². The number of hydrogen-bond donors (Lipinski definition) is 1. The quantitative estimate of drug-likeness (QED) is 0.909. The van der Waals surface area contributed by atoms with Crippen molar-refractivity contribution in [3.05, 3.63) is 23.3 Å². The van der Waals surface area contributed by atoms with Crippen molar-refractivity contribution in [2.75, 3.05) is 19.1 Å². The van der Waals surface area contributed by atoms with Crippen LogP contribution in [-0.2, 0) is 6.54 Å². The average Bonchev–Trinajstić information content (AvgIpc) is 2.41. The van der Waals surface area contributed by atoms with Gasteiger partial charge in [0.1, 0.15) is 5.75 Å². The summed E-state index contributed by atoms with van der Waals surface area (Å²) in [4.78, 5) is 2.39. The summed E-state index contributed by atoms with van der Waals surface area (Å²) >= 11 is 0. The summed E-state index contributed by atoms with van der Waals surface area (Å²) in [5, 5.41) is 3.49. The molecule has 3 nitrogen and oxygen atoms in total. The van der Waals surface area contributed by atoms with E-state index >= 15 is 0 Å². The van der Waals surface area contributed by atoms with Gasteiger partial charge in [-0.15, -0.1) is 0 Å². The van der Waals surface area contributed by atoms with E-state index in [2.05, 4.69) is 64.0 Å². The highest BCUT2D eigenvalue weighted by atomic mass is 16.5. The van der Waals surface area contributed by atoms with Crippen molar-refractivity contribution < 1.29 is 4.74 Å². The molecular weight excluding hydrogens is 260 g/mol. The smallest absolute Gasteiger partial charge is 0.125 e. The third kappa shape index (κ3) is 3.18. The number of benzene rings is 1. The Morgan fingerprint density at radius 3 is 2.62 bits per heavy atom. The molecule has 0 radical (unpaired) electrons. The molecule has 21 heavy (non-hydrogen) atoms. The van der Waals surface area contributed by atoms with Crippen LogP contribution in [0.2, 0.25) is 0 Å². The topological polar surface area (TPSA) is 24.5 Å². The molecule has 1 aliphatic rings. The van der Waals surface area contributed by atoms with E-state index < -0.39 is 0 Å². The van der Waals surface area contributed by atoms with Crippen molar-refractivity contribution in [3.63, 3.8) is 0 Å². The van der Waals surface area contributed by atoms with Gasteiger partial charge in [-0.3, -0.25) is 0 Å². The normalized spacial score (nSPS) is 20.6. The summed E-state index contributed by atoms with van der Waals surface area (Å²) in [6.07, 6.45) is 1.18. The molecule has 0 amide bonds. The highest BCUT2D eigenvalue weighted by Gasteiger charge is 2.34. The van der Waals surface area contributed by atoms with E-state index in [-0.39, 0.29) is 5.54 Å². The summed E-state index contributed by atoms with van der Waals surface area (Å²) in [6.45, 7) is 12.2. The molecule has 1 atom stereocenters. The van der Waals surface area contributed by atoms with Crippen molar-refractivity contribution in [1.29, 1.82) is 0 Å². The fourth-order valence-electron chi connectivity index (χ4n) is 3.28. The Hall–Kier alpha value is -1.22. The summed E-state index contributed by atoms with van der Waals surface area (Å²) in [5.74, 6) is 1.56. The predicted octanol–water partition coefficient (Wildman–Crippen LogP) is 3.92. The Bertz CT molecular complexity index is 508. The summed E-state index contributed by atoms with van der Waals surface area (Å²) < 4.78 is 5.63. The minimum atomic E-state index is 0.190. The molecule has 0 unspecified atom stereocenters. The number of nitrogens with one attached hydrogen (secondary N) is 1. The highest BCUT2D eigenvalue weighted by Crippen LogP contribution is 2.44. The number of hydrogen-bond acceptors (Lipinski definition) is 3. The van der Waals surface area contributed by atoms with Crippen molar-refractivity contribution in [1.82, 2.24) is 5.32 Å². The molecule has 118 valence electrons. The van der Waals surface area contributed by atoms with Gasteiger partial charge in [0.05, 0.1) is 7.11 Å². The number of nitrogens with zero attached hydrogens (tertiary/aromatic N) is 1. The first-order chi connectivity index (χ1) is 9.76. The van der Waals surface area contributed by atoms with Crippen LogP contribution >= 0.6 is 0 Å². The van der Waals surface area contributed by atoms with Crippen LogP contribution in [0.25, 0.3) is 0 Å². The van der Waals surface area contributed by atoms with Crippen LogP contribution < -0.4 is 15.0 Å². The molecule has 1 N–H and O–H groups in total. The van der Waals surface area contributed by atoms with Crippen molar-refractivity contribution in [3.8, 4) is 5.75 Å². The number of ether oxygens (including phenoxy) is 1. The van der Waals surface area contributed by atoms with Crippen LogP contribution in [0.3, 0.4) is 0 Å². The molecule has 2 rings (SSSR count). The summed E-state index contributed by atoms with van der Waals surface area (Å²) in [6, 6.07) is 5.02. The molecule has 3 heteroatoms. The molecule has 0 bridgehead atoms. The van der Waals surface area contributed by atoms with E-state index in [0.29, 0.717) is 12.0 Å². The number of rotatable bonds is 4. The van der Waals surface area contributed by atoms with E-state index in [1.807, 2.05) is 0 Å². The van der Waals surface area contributed by atoms with Crippen LogP contribution in [0.1, 0.15) is 58.1 Å². The molecule has 0 aliphatic carbocycles. The van der Waals surface area contributed by atoms with Crippen LogP contribution in [0.4, 0.5) is 5.69 Å². The maximum absolute atomic E-state index is 5.63.